The van der Waals surface area contributed by atoms with Crippen molar-refractivity contribution >= 4 is 17.9 Å². The van der Waals surface area contributed by atoms with Crippen LogP contribution in [0.1, 0.15) is 48.0 Å². The Hall–Kier alpha value is -2.31. The van der Waals surface area contributed by atoms with Crippen LogP contribution in [0.2, 0.25) is 0 Å². The second-order valence-corrected chi connectivity index (χ2v) is 4.27. The Morgan fingerprint density at radius 1 is 0.955 bits per heavy atom. The van der Waals surface area contributed by atoms with Crippen LogP contribution in [0, 0.1) is 0 Å². The molecule has 0 saturated heterocycles. The van der Waals surface area contributed by atoms with Crippen LogP contribution in [-0.4, -0.2) is 42.3 Å². The average molecular weight is 311 g/mol. The van der Waals surface area contributed by atoms with E-state index in [1.54, 1.807) is 27.0 Å². The predicted molar refractivity (Wildman–Crippen MR) is 77.6 cm³/mol. The number of aryl methyl sites for hydroxylation is 1. The lowest BCUT2D eigenvalue weighted by atomic mass is 10.2. The van der Waals surface area contributed by atoms with Gasteiger partial charge in [0.2, 0.25) is 0 Å². The second-order valence-electron chi connectivity index (χ2n) is 4.27. The maximum atomic E-state index is 12.1. The quantitative estimate of drug-likeness (QED) is 0.537. The zero-order chi connectivity index (χ0) is 16.5. The van der Waals surface area contributed by atoms with Crippen LogP contribution < -0.4 is 0 Å². The number of hydrogen-bond acceptors (Lipinski definition) is 6. The molecule has 0 unspecified atom stereocenters. The summed E-state index contributed by atoms with van der Waals surface area (Å²) in [7, 11) is 0. The highest BCUT2D eigenvalue weighted by Crippen LogP contribution is 2.15. The van der Waals surface area contributed by atoms with Gasteiger partial charge in [-0.25, -0.2) is 9.59 Å². The van der Waals surface area contributed by atoms with Gasteiger partial charge in [0, 0.05) is 12.7 Å². The van der Waals surface area contributed by atoms with Crippen LogP contribution in [0.25, 0.3) is 0 Å². The summed E-state index contributed by atoms with van der Waals surface area (Å²) in [5.74, 6) is -1.59. The van der Waals surface area contributed by atoms with E-state index in [9.17, 15) is 14.4 Å². The Kier molecular flexibility index (Phi) is 7.15. The van der Waals surface area contributed by atoms with Crippen molar-refractivity contribution in [2.75, 3.05) is 19.8 Å². The Morgan fingerprint density at radius 3 is 2.14 bits per heavy atom. The van der Waals surface area contributed by atoms with Gasteiger partial charge in [0.05, 0.1) is 31.8 Å². The molecule has 0 aliphatic carbocycles. The maximum Gasteiger partial charge on any atom is 0.355 e. The molecule has 0 N–H and O–H groups in total. The summed E-state index contributed by atoms with van der Waals surface area (Å²) in [6.45, 7) is 5.97. The molecule has 1 heterocycles. The van der Waals surface area contributed by atoms with Crippen molar-refractivity contribution < 1.29 is 28.6 Å². The summed E-state index contributed by atoms with van der Waals surface area (Å²) >= 11 is 0. The first kappa shape index (κ1) is 17.7. The van der Waals surface area contributed by atoms with Crippen LogP contribution in [0.3, 0.4) is 0 Å². The van der Waals surface area contributed by atoms with E-state index >= 15 is 0 Å². The van der Waals surface area contributed by atoms with Crippen LogP contribution >= 0.6 is 0 Å². The van der Waals surface area contributed by atoms with E-state index in [-0.39, 0.29) is 43.4 Å². The first-order chi connectivity index (χ1) is 10.5. The summed E-state index contributed by atoms with van der Waals surface area (Å²) in [6.07, 6.45) is 1.65. The normalized spacial score (nSPS) is 10.1. The van der Waals surface area contributed by atoms with Crippen molar-refractivity contribution in [1.82, 2.24) is 4.57 Å². The van der Waals surface area contributed by atoms with E-state index in [4.69, 9.17) is 14.2 Å². The molecular formula is C15H21NO6. The number of hydrogen-bond donors (Lipinski definition) is 0. The molecule has 0 saturated carbocycles. The number of carbonyl (C=O) groups is 3. The van der Waals surface area contributed by atoms with Gasteiger partial charge in [0.15, 0.2) is 0 Å². The molecule has 0 amide bonds. The molecule has 1 aromatic heterocycles. The summed E-state index contributed by atoms with van der Waals surface area (Å²) in [6, 6.07) is 1.48. The molecule has 22 heavy (non-hydrogen) atoms. The van der Waals surface area contributed by atoms with Crippen molar-refractivity contribution in [1.29, 1.82) is 0 Å². The van der Waals surface area contributed by atoms with E-state index in [1.165, 1.54) is 10.6 Å². The first-order valence-electron chi connectivity index (χ1n) is 7.24. The minimum atomic E-state index is -0.626. The number of nitrogens with zero attached hydrogens (tertiary/aromatic N) is 1. The van der Waals surface area contributed by atoms with Gasteiger partial charge in [-0.05, 0) is 26.8 Å². The second kappa shape index (κ2) is 8.86. The zero-order valence-electron chi connectivity index (χ0n) is 13.1. The molecule has 0 fully saturated rings. The Labute approximate surface area is 129 Å². The molecule has 0 aromatic carbocycles. The Bertz CT molecular complexity index is 534. The minimum Gasteiger partial charge on any atom is -0.466 e. The van der Waals surface area contributed by atoms with Crippen LogP contribution in [0.5, 0.6) is 0 Å². The molecule has 0 atom stereocenters. The molecule has 0 spiro atoms. The lowest BCUT2D eigenvalue weighted by molar-refractivity contribution is -0.143. The Balaban J connectivity index is 2.98. The number of carbonyl (C=O) groups excluding carboxylic acids is 3. The monoisotopic (exact) mass is 311 g/mol. The third kappa shape index (κ3) is 4.61. The van der Waals surface area contributed by atoms with Gasteiger partial charge in [0.1, 0.15) is 5.69 Å². The maximum absolute atomic E-state index is 12.1. The fourth-order valence-electron chi connectivity index (χ4n) is 1.90. The first-order valence-corrected chi connectivity index (χ1v) is 7.24. The SMILES string of the molecule is CCOC(=O)CCn1ccc(C(=O)OCC)c1C(=O)OCC. The van der Waals surface area contributed by atoms with Crippen molar-refractivity contribution in [3.8, 4) is 0 Å². The summed E-state index contributed by atoms with van der Waals surface area (Å²) in [4.78, 5) is 35.4. The number of esters is 3. The molecule has 0 radical (unpaired) electrons. The van der Waals surface area contributed by atoms with Gasteiger partial charge in [-0.3, -0.25) is 4.79 Å². The fourth-order valence-corrected chi connectivity index (χ4v) is 1.90. The number of ether oxygens (including phenoxy) is 3. The molecule has 0 aliphatic rings. The van der Waals surface area contributed by atoms with E-state index in [0.717, 1.165) is 0 Å². The average Bonchev–Trinajstić information content (AvgIpc) is 2.90. The van der Waals surface area contributed by atoms with Crippen LogP contribution in [0.4, 0.5) is 0 Å². The minimum absolute atomic E-state index is 0.0876. The third-order valence-corrected chi connectivity index (χ3v) is 2.79. The summed E-state index contributed by atoms with van der Waals surface area (Å²) in [5, 5.41) is 0. The molecule has 1 aromatic rings. The van der Waals surface area contributed by atoms with Gasteiger partial charge in [-0.1, -0.05) is 0 Å². The van der Waals surface area contributed by atoms with Gasteiger partial charge < -0.3 is 18.8 Å². The van der Waals surface area contributed by atoms with Gasteiger partial charge in [0.25, 0.3) is 0 Å². The fraction of sp³-hybridized carbons (Fsp3) is 0.533. The third-order valence-electron chi connectivity index (χ3n) is 2.79. The zero-order valence-corrected chi connectivity index (χ0v) is 13.1. The van der Waals surface area contributed by atoms with Gasteiger partial charge in [-0.15, -0.1) is 0 Å². The topological polar surface area (TPSA) is 83.8 Å². The molecule has 0 bridgehead atoms. The number of rotatable bonds is 8. The van der Waals surface area contributed by atoms with Crippen molar-refractivity contribution in [3.05, 3.63) is 23.5 Å². The summed E-state index contributed by atoms with van der Waals surface area (Å²) in [5.41, 5.74) is 0.216. The van der Waals surface area contributed by atoms with E-state index < -0.39 is 11.9 Å². The van der Waals surface area contributed by atoms with E-state index in [0.29, 0.717) is 6.61 Å². The standard InChI is InChI=1S/C15H21NO6/c1-4-20-12(17)8-10-16-9-7-11(14(18)21-5-2)13(16)15(19)22-6-3/h7,9H,4-6,8,10H2,1-3H3. The predicted octanol–water partition coefficient (Wildman–Crippen LogP) is 1.79. The highest BCUT2D eigenvalue weighted by molar-refractivity contribution is 6.02. The molecule has 7 nitrogen and oxygen atoms in total. The Morgan fingerprint density at radius 2 is 1.55 bits per heavy atom. The molecular weight excluding hydrogens is 290 g/mol. The molecule has 7 heteroatoms. The lowest BCUT2D eigenvalue weighted by Crippen LogP contribution is -2.18. The lowest BCUT2D eigenvalue weighted by Gasteiger charge is -2.10. The van der Waals surface area contributed by atoms with Crippen LogP contribution in [0.15, 0.2) is 12.3 Å². The molecule has 0 aliphatic heterocycles. The van der Waals surface area contributed by atoms with E-state index in [1.807, 2.05) is 0 Å². The van der Waals surface area contributed by atoms with Crippen LogP contribution in [-0.2, 0) is 25.5 Å². The highest BCUT2D eigenvalue weighted by Gasteiger charge is 2.24. The molecule has 1 rings (SSSR count). The summed E-state index contributed by atoms with van der Waals surface area (Å²) < 4.78 is 16.2. The highest BCUT2D eigenvalue weighted by atomic mass is 16.5. The smallest absolute Gasteiger partial charge is 0.355 e. The largest absolute Gasteiger partial charge is 0.466 e. The van der Waals surface area contributed by atoms with Crippen molar-refractivity contribution in [2.45, 2.75) is 33.7 Å². The van der Waals surface area contributed by atoms with Gasteiger partial charge >= 0.3 is 17.9 Å². The number of aromatic nitrogens is 1. The van der Waals surface area contributed by atoms with Gasteiger partial charge in [-0.2, -0.15) is 0 Å². The molecule has 122 valence electrons. The van der Waals surface area contributed by atoms with E-state index in [2.05, 4.69) is 0 Å². The van der Waals surface area contributed by atoms with Crippen molar-refractivity contribution in [3.63, 3.8) is 0 Å². The van der Waals surface area contributed by atoms with Crippen molar-refractivity contribution in [2.24, 2.45) is 0 Å².